The van der Waals surface area contributed by atoms with Crippen molar-refractivity contribution in [2.75, 3.05) is 7.11 Å². The summed E-state index contributed by atoms with van der Waals surface area (Å²) in [5.41, 5.74) is 1.94. The van der Waals surface area contributed by atoms with Crippen molar-refractivity contribution < 1.29 is 8.95 Å². The molecular formula is C13H19NO2S. The van der Waals surface area contributed by atoms with E-state index >= 15 is 0 Å². The largest absolute Gasteiger partial charge is 0.496 e. The molecule has 1 atom stereocenters. The minimum absolute atomic E-state index is 0.341. The number of benzene rings is 1. The molecule has 0 saturated carbocycles. The number of hydrogen-bond donors (Lipinski definition) is 0. The van der Waals surface area contributed by atoms with E-state index < -0.39 is 11.0 Å². The molecule has 1 unspecified atom stereocenters. The molecule has 0 spiro atoms. The summed E-state index contributed by atoms with van der Waals surface area (Å²) in [4.78, 5) is 0. The Labute approximate surface area is 106 Å². The van der Waals surface area contributed by atoms with Crippen molar-refractivity contribution in [1.29, 1.82) is 0 Å². The molecule has 0 aliphatic carbocycles. The molecule has 94 valence electrons. The molecule has 0 aliphatic rings. The van der Waals surface area contributed by atoms with E-state index in [4.69, 9.17) is 4.74 Å². The van der Waals surface area contributed by atoms with Crippen LogP contribution < -0.4 is 4.74 Å². The third kappa shape index (κ3) is 3.66. The predicted octanol–water partition coefficient (Wildman–Crippen LogP) is 2.88. The highest BCUT2D eigenvalue weighted by Crippen LogP contribution is 2.20. The molecule has 17 heavy (non-hydrogen) atoms. The summed E-state index contributed by atoms with van der Waals surface area (Å²) in [7, 11) is 0.375. The Morgan fingerprint density at radius 1 is 1.35 bits per heavy atom. The lowest BCUT2D eigenvalue weighted by Gasteiger charge is -2.13. The van der Waals surface area contributed by atoms with Gasteiger partial charge in [0.15, 0.2) is 0 Å². The van der Waals surface area contributed by atoms with Crippen LogP contribution in [0.25, 0.3) is 0 Å². The van der Waals surface area contributed by atoms with Gasteiger partial charge in [-0.05, 0) is 39.3 Å². The highest BCUT2D eigenvalue weighted by Gasteiger charge is 2.18. The van der Waals surface area contributed by atoms with Crippen molar-refractivity contribution in [3.63, 3.8) is 0 Å². The Balaban J connectivity index is 3.03. The Hall–Kier alpha value is -1.16. The van der Waals surface area contributed by atoms with Gasteiger partial charge in [0.25, 0.3) is 0 Å². The fraction of sp³-hybridized carbons (Fsp3) is 0.462. The summed E-state index contributed by atoms with van der Waals surface area (Å²) in [6.45, 7) is 7.67. The summed E-state index contributed by atoms with van der Waals surface area (Å²) in [5.74, 6) is 0.750. The van der Waals surface area contributed by atoms with Gasteiger partial charge in [-0.15, -0.1) is 0 Å². The highest BCUT2D eigenvalue weighted by atomic mass is 32.2. The highest BCUT2D eigenvalue weighted by molar-refractivity contribution is 7.85. The summed E-state index contributed by atoms with van der Waals surface area (Å²) < 4.78 is 20.8. The van der Waals surface area contributed by atoms with Gasteiger partial charge >= 0.3 is 0 Å². The van der Waals surface area contributed by atoms with Crippen LogP contribution in [0.2, 0.25) is 0 Å². The van der Waals surface area contributed by atoms with Gasteiger partial charge in [-0.3, -0.25) is 0 Å². The second-order valence-corrected chi connectivity index (χ2v) is 6.72. The summed E-state index contributed by atoms with van der Waals surface area (Å²) in [5, 5.41) is 0. The van der Waals surface area contributed by atoms with Crippen molar-refractivity contribution >= 4 is 17.2 Å². The minimum atomic E-state index is -1.24. The molecular weight excluding hydrogens is 234 g/mol. The summed E-state index contributed by atoms with van der Waals surface area (Å²) in [6, 6.07) is 5.77. The topological polar surface area (TPSA) is 38.7 Å². The van der Waals surface area contributed by atoms with Gasteiger partial charge in [-0.1, -0.05) is 12.1 Å². The van der Waals surface area contributed by atoms with Crippen LogP contribution in [-0.4, -0.2) is 22.3 Å². The Morgan fingerprint density at radius 2 is 2.00 bits per heavy atom. The van der Waals surface area contributed by atoms with E-state index in [1.165, 1.54) is 0 Å². The molecule has 0 bridgehead atoms. The van der Waals surface area contributed by atoms with Crippen LogP contribution >= 0.6 is 0 Å². The molecule has 0 N–H and O–H groups in total. The number of ether oxygens (including phenoxy) is 1. The molecule has 0 fully saturated rings. The normalized spacial score (nSPS) is 13.9. The maximum Gasteiger partial charge on any atom is 0.144 e. The standard InChI is InChI=1S/C13H19NO2S/c1-10-7-6-8-12(16-5)11(10)9-14-17(15)13(2,3)4/h6-9H,1-5H3. The quantitative estimate of drug-likeness (QED) is 0.777. The van der Waals surface area contributed by atoms with Crippen LogP contribution in [0.5, 0.6) is 5.75 Å². The molecule has 0 radical (unpaired) electrons. The second kappa shape index (κ2) is 5.45. The Bertz CT molecular complexity index is 447. The number of nitrogens with zero attached hydrogens (tertiary/aromatic N) is 1. The molecule has 1 aromatic carbocycles. The Kier molecular flexibility index (Phi) is 4.46. The van der Waals surface area contributed by atoms with E-state index in [1.54, 1.807) is 13.3 Å². The molecule has 3 nitrogen and oxygen atoms in total. The lowest BCUT2D eigenvalue weighted by Crippen LogP contribution is -2.19. The monoisotopic (exact) mass is 253 g/mol. The van der Waals surface area contributed by atoms with E-state index in [9.17, 15) is 4.21 Å². The van der Waals surface area contributed by atoms with E-state index in [2.05, 4.69) is 4.40 Å². The summed E-state index contributed by atoms with van der Waals surface area (Å²) >= 11 is 0. The van der Waals surface area contributed by atoms with Crippen LogP contribution in [0.15, 0.2) is 22.6 Å². The lowest BCUT2D eigenvalue weighted by atomic mass is 10.1. The third-order valence-corrected chi connectivity index (χ3v) is 3.65. The second-order valence-electron chi connectivity index (χ2n) is 4.79. The number of methoxy groups -OCH3 is 1. The zero-order chi connectivity index (χ0) is 13.1. The molecule has 0 saturated heterocycles. The zero-order valence-corrected chi connectivity index (χ0v) is 11.8. The average Bonchev–Trinajstić information content (AvgIpc) is 2.25. The molecule has 0 aromatic heterocycles. The van der Waals surface area contributed by atoms with Gasteiger partial charge in [0, 0.05) is 11.8 Å². The summed E-state index contributed by atoms with van der Waals surface area (Å²) in [6.07, 6.45) is 1.63. The maximum atomic E-state index is 11.8. The first-order valence-corrected chi connectivity index (χ1v) is 6.56. The van der Waals surface area contributed by atoms with Crippen LogP contribution in [-0.2, 0) is 11.0 Å². The fourth-order valence-electron chi connectivity index (χ4n) is 1.26. The van der Waals surface area contributed by atoms with Crippen molar-refractivity contribution in [1.82, 2.24) is 0 Å². The van der Waals surface area contributed by atoms with Gasteiger partial charge in [0.1, 0.15) is 16.7 Å². The smallest absolute Gasteiger partial charge is 0.144 e. The molecule has 4 heteroatoms. The van der Waals surface area contributed by atoms with E-state index in [0.29, 0.717) is 0 Å². The predicted molar refractivity (Wildman–Crippen MR) is 73.2 cm³/mol. The number of aryl methyl sites for hydroxylation is 1. The van der Waals surface area contributed by atoms with Gasteiger partial charge in [0.2, 0.25) is 0 Å². The first-order chi connectivity index (χ1) is 7.86. The molecule has 0 heterocycles. The molecule has 1 aromatic rings. The van der Waals surface area contributed by atoms with E-state index in [-0.39, 0.29) is 4.75 Å². The van der Waals surface area contributed by atoms with Crippen LogP contribution in [0.4, 0.5) is 0 Å². The first kappa shape index (κ1) is 13.9. The van der Waals surface area contributed by atoms with Gasteiger partial charge in [-0.25, -0.2) is 4.21 Å². The first-order valence-electron chi connectivity index (χ1n) is 5.46. The van der Waals surface area contributed by atoms with Gasteiger partial charge < -0.3 is 4.74 Å². The molecule has 0 aliphatic heterocycles. The van der Waals surface area contributed by atoms with Crippen molar-refractivity contribution in [3.05, 3.63) is 29.3 Å². The maximum absolute atomic E-state index is 11.8. The van der Waals surface area contributed by atoms with Gasteiger partial charge in [0.05, 0.1) is 11.9 Å². The number of hydrogen-bond acceptors (Lipinski definition) is 2. The van der Waals surface area contributed by atoms with Crippen LogP contribution in [0, 0.1) is 6.92 Å². The fourth-order valence-corrected chi connectivity index (χ4v) is 1.77. The minimum Gasteiger partial charge on any atom is -0.496 e. The van der Waals surface area contributed by atoms with Crippen LogP contribution in [0.3, 0.4) is 0 Å². The molecule has 1 rings (SSSR count). The van der Waals surface area contributed by atoms with E-state index in [0.717, 1.165) is 16.9 Å². The SMILES string of the molecule is COc1cccc(C)c1C=NS(=O)C(C)(C)C. The van der Waals surface area contributed by atoms with Crippen molar-refractivity contribution in [2.45, 2.75) is 32.4 Å². The van der Waals surface area contributed by atoms with E-state index in [1.807, 2.05) is 45.9 Å². The van der Waals surface area contributed by atoms with Crippen molar-refractivity contribution in [2.24, 2.45) is 4.40 Å². The number of rotatable bonds is 3. The Morgan fingerprint density at radius 3 is 2.53 bits per heavy atom. The zero-order valence-electron chi connectivity index (χ0n) is 11.0. The van der Waals surface area contributed by atoms with Crippen molar-refractivity contribution in [3.8, 4) is 5.75 Å². The third-order valence-electron chi connectivity index (χ3n) is 2.31. The van der Waals surface area contributed by atoms with Gasteiger partial charge in [-0.2, -0.15) is 4.40 Å². The lowest BCUT2D eigenvalue weighted by molar-refractivity contribution is 0.414. The molecule has 0 amide bonds. The average molecular weight is 253 g/mol. The van der Waals surface area contributed by atoms with Crippen LogP contribution in [0.1, 0.15) is 31.9 Å².